The third kappa shape index (κ3) is 5.31. The molecule has 0 aliphatic carbocycles. The van der Waals surface area contributed by atoms with Gasteiger partial charge in [0.2, 0.25) is 10.0 Å². The summed E-state index contributed by atoms with van der Waals surface area (Å²) in [5.74, 6) is 1.85. The highest BCUT2D eigenvalue weighted by Gasteiger charge is 2.26. The fraction of sp³-hybridized carbons (Fsp3) is 0.478. The van der Waals surface area contributed by atoms with Crippen molar-refractivity contribution in [2.75, 3.05) is 40.0 Å². The Morgan fingerprint density at radius 3 is 2.39 bits per heavy atom. The topological polar surface area (TPSA) is 77.1 Å². The number of nitrogens with one attached hydrogen (secondary N) is 1. The minimum Gasteiger partial charge on any atom is -0.497 e. The number of benzene rings is 2. The van der Waals surface area contributed by atoms with Gasteiger partial charge in [-0.1, -0.05) is 18.6 Å². The van der Waals surface area contributed by atoms with Gasteiger partial charge in [0.15, 0.2) is 11.5 Å². The van der Waals surface area contributed by atoms with Gasteiger partial charge in [-0.05, 0) is 55.8 Å². The lowest BCUT2D eigenvalue weighted by molar-refractivity contribution is 0.164. The zero-order chi connectivity index (χ0) is 21.7. The maximum absolute atomic E-state index is 13.1. The Balaban J connectivity index is 1.53. The van der Waals surface area contributed by atoms with Crippen molar-refractivity contribution < 1.29 is 22.6 Å². The molecule has 0 radical (unpaired) electrons. The van der Waals surface area contributed by atoms with E-state index in [0.717, 1.165) is 43.7 Å². The third-order valence-electron chi connectivity index (χ3n) is 5.83. The Hall–Kier alpha value is -2.29. The molecule has 0 unspecified atom stereocenters. The van der Waals surface area contributed by atoms with Gasteiger partial charge in [-0.3, -0.25) is 4.90 Å². The summed E-state index contributed by atoms with van der Waals surface area (Å²) < 4.78 is 45.5. The summed E-state index contributed by atoms with van der Waals surface area (Å²) >= 11 is 0. The Kier molecular flexibility index (Phi) is 6.99. The maximum atomic E-state index is 13.1. The summed E-state index contributed by atoms with van der Waals surface area (Å²) in [5, 5.41) is 0. The molecule has 168 valence electrons. The van der Waals surface area contributed by atoms with Gasteiger partial charge in [-0.15, -0.1) is 0 Å². The Morgan fingerprint density at radius 1 is 0.968 bits per heavy atom. The fourth-order valence-corrected chi connectivity index (χ4v) is 5.15. The first-order valence-corrected chi connectivity index (χ1v) is 12.3. The highest BCUT2D eigenvalue weighted by atomic mass is 32.2. The molecule has 0 bridgehead atoms. The molecule has 1 atom stereocenters. The Labute approximate surface area is 184 Å². The van der Waals surface area contributed by atoms with Crippen LogP contribution < -0.4 is 18.9 Å². The van der Waals surface area contributed by atoms with Gasteiger partial charge in [0, 0.05) is 25.1 Å². The normalized spacial score (nSPS) is 18.2. The van der Waals surface area contributed by atoms with Gasteiger partial charge in [0.25, 0.3) is 0 Å². The van der Waals surface area contributed by atoms with Crippen LogP contribution in [0.5, 0.6) is 17.2 Å². The van der Waals surface area contributed by atoms with Crippen molar-refractivity contribution in [3.63, 3.8) is 0 Å². The van der Waals surface area contributed by atoms with Crippen molar-refractivity contribution in [2.24, 2.45) is 0 Å². The monoisotopic (exact) mass is 446 g/mol. The molecule has 0 saturated carbocycles. The molecule has 2 aliphatic rings. The van der Waals surface area contributed by atoms with Crippen LogP contribution in [0.2, 0.25) is 0 Å². The molecule has 2 aliphatic heterocycles. The van der Waals surface area contributed by atoms with E-state index in [-0.39, 0.29) is 10.9 Å². The Morgan fingerprint density at radius 2 is 1.68 bits per heavy atom. The largest absolute Gasteiger partial charge is 0.497 e. The zero-order valence-electron chi connectivity index (χ0n) is 17.9. The molecule has 8 heteroatoms. The fourth-order valence-electron chi connectivity index (χ4n) is 4.10. The molecular formula is C23H30N2O5S. The average Bonchev–Trinajstić information content (AvgIpc) is 3.05. The Bertz CT molecular complexity index is 972. The molecule has 0 aromatic heterocycles. The lowest BCUT2D eigenvalue weighted by Gasteiger charge is -2.35. The van der Waals surface area contributed by atoms with Crippen molar-refractivity contribution in [3.8, 4) is 17.2 Å². The summed E-state index contributed by atoms with van der Waals surface area (Å²) in [6.45, 7) is 3.29. The first-order valence-electron chi connectivity index (χ1n) is 10.8. The number of hydrogen-bond acceptors (Lipinski definition) is 6. The van der Waals surface area contributed by atoms with Gasteiger partial charge in [0.1, 0.15) is 5.75 Å². The van der Waals surface area contributed by atoms with Crippen LogP contribution in [0.3, 0.4) is 0 Å². The highest BCUT2D eigenvalue weighted by molar-refractivity contribution is 7.89. The summed E-state index contributed by atoms with van der Waals surface area (Å²) in [5.41, 5.74) is 1.07. The lowest BCUT2D eigenvalue weighted by Crippen LogP contribution is -2.40. The number of hydrogen-bond donors (Lipinski definition) is 1. The zero-order valence-corrected chi connectivity index (χ0v) is 18.7. The van der Waals surface area contributed by atoms with Gasteiger partial charge in [-0.2, -0.15) is 0 Å². The van der Waals surface area contributed by atoms with Crippen molar-refractivity contribution in [1.29, 1.82) is 0 Å². The minimum absolute atomic E-state index is 0.0404. The van der Waals surface area contributed by atoms with Crippen molar-refractivity contribution in [1.82, 2.24) is 9.62 Å². The minimum atomic E-state index is -3.70. The van der Waals surface area contributed by atoms with Gasteiger partial charge < -0.3 is 14.2 Å². The molecule has 0 spiro atoms. The van der Waals surface area contributed by atoms with Crippen LogP contribution >= 0.6 is 0 Å². The highest BCUT2D eigenvalue weighted by Crippen LogP contribution is 2.32. The van der Waals surface area contributed by atoms with Crippen LogP contribution in [0.15, 0.2) is 47.4 Å². The summed E-state index contributed by atoms with van der Waals surface area (Å²) in [6, 6.07) is 12.6. The van der Waals surface area contributed by atoms with E-state index in [9.17, 15) is 8.42 Å². The summed E-state index contributed by atoms with van der Waals surface area (Å²) in [7, 11) is -2.06. The second-order valence-electron chi connectivity index (χ2n) is 7.90. The summed E-state index contributed by atoms with van der Waals surface area (Å²) in [4.78, 5) is 2.55. The summed E-state index contributed by atoms with van der Waals surface area (Å²) in [6.07, 6.45) is 4.24. The number of likely N-dealkylation sites (tertiary alicyclic amines) is 1. The first kappa shape index (κ1) is 21.9. The lowest BCUT2D eigenvalue weighted by atomic mass is 10.0. The van der Waals surface area contributed by atoms with Crippen molar-refractivity contribution in [3.05, 3.63) is 48.0 Å². The van der Waals surface area contributed by atoms with Crippen molar-refractivity contribution in [2.45, 2.75) is 36.6 Å². The SMILES string of the molecule is COc1ccc([C@H](CNS(=O)(=O)c2ccc3c(c2)OCCCO3)N2CCCCC2)cc1. The molecule has 2 aromatic carbocycles. The number of methoxy groups -OCH3 is 1. The number of ether oxygens (including phenoxy) is 3. The number of fused-ring (bicyclic) bond motifs is 1. The molecule has 4 rings (SSSR count). The van der Waals surface area contributed by atoms with Crippen LogP contribution in [0.25, 0.3) is 0 Å². The number of sulfonamides is 1. The smallest absolute Gasteiger partial charge is 0.240 e. The number of piperidine rings is 1. The average molecular weight is 447 g/mol. The van der Waals surface area contributed by atoms with Crippen molar-refractivity contribution >= 4 is 10.0 Å². The van der Waals surface area contributed by atoms with E-state index < -0.39 is 10.0 Å². The predicted molar refractivity (Wildman–Crippen MR) is 118 cm³/mol. The molecule has 0 amide bonds. The van der Waals surface area contributed by atoms with Crippen LogP contribution in [0.1, 0.15) is 37.3 Å². The van der Waals surface area contributed by atoms with E-state index in [2.05, 4.69) is 9.62 Å². The molecular weight excluding hydrogens is 416 g/mol. The second-order valence-corrected chi connectivity index (χ2v) is 9.66. The first-order chi connectivity index (χ1) is 15.1. The molecule has 1 saturated heterocycles. The quantitative estimate of drug-likeness (QED) is 0.703. The number of rotatable bonds is 7. The van der Waals surface area contributed by atoms with E-state index in [4.69, 9.17) is 14.2 Å². The standard InChI is InChI=1S/C23H30N2O5S/c1-28-19-8-6-18(7-9-19)21(25-12-3-2-4-13-25)17-24-31(26,27)20-10-11-22-23(16-20)30-15-5-14-29-22/h6-11,16,21,24H,2-5,12-15,17H2,1H3/t21-/m0/s1. The molecule has 2 aromatic rings. The van der Waals surface area contributed by atoms with E-state index in [1.165, 1.54) is 6.42 Å². The van der Waals surface area contributed by atoms with Crippen LogP contribution in [-0.4, -0.2) is 53.3 Å². The predicted octanol–water partition coefficient (Wildman–Crippen LogP) is 3.36. The van der Waals surface area contributed by atoms with Gasteiger partial charge in [0.05, 0.1) is 25.2 Å². The van der Waals surface area contributed by atoms with E-state index >= 15 is 0 Å². The third-order valence-corrected chi connectivity index (χ3v) is 7.25. The van der Waals surface area contributed by atoms with Crippen LogP contribution in [-0.2, 0) is 10.0 Å². The molecule has 31 heavy (non-hydrogen) atoms. The molecule has 1 N–H and O–H groups in total. The van der Waals surface area contributed by atoms with E-state index in [0.29, 0.717) is 31.3 Å². The van der Waals surface area contributed by atoms with E-state index in [1.54, 1.807) is 25.3 Å². The van der Waals surface area contributed by atoms with Gasteiger partial charge >= 0.3 is 0 Å². The van der Waals surface area contributed by atoms with Crippen LogP contribution in [0, 0.1) is 0 Å². The van der Waals surface area contributed by atoms with Gasteiger partial charge in [-0.25, -0.2) is 13.1 Å². The molecule has 2 heterocycles. The molecule has 7 nitrogen and oxygen atoms in total. The maximum Gasteiger partial charge on any atom is 0.240 e. The number of nitrogens with zero attached hydrogens (tertiary/aromatic N) is 1. The van der Waals surface area contributed by atoms with E-state index in [1.807, 2.05) is 24.3 Å². The second kappa shape index (κ2) is 9.89. The van der Waals surface area contributed by atoms with Crippen LogP contribution in [0.4, 0.5) is 0 Å². The molecule has 1 fully saturated rings.